The average molecular weight is 194 g/mol. The van der Waals surface area contributed by atoms with Crippen molar-refractivity contribution in [3.63, 3.8) is 0 Å². The van der Waals surface area contributed by atoms with Crippen molar-refractivity contribution in [3.05, 3.63) is 12.2 Å². The molecule has 4 heteroatoms. The molecule has 1 aliphatic rings. The zero-order chi connectivity index (χ0) is 9.97. The van der Waals surface area contributed by atoms with E-state index in [4.69, 9.17) is 5.73 Å². The molecule has 1 atom stereocenters. The van der Waals surface area contributed by atoms with E-state index in [1.54, 1.807) is 6.33 Å². The summed E-state index contributed by atoms with van der Waals surface area (Å²) in [5, 5.41) is 4.05. The summed E-state index contributed by atoms with van der Waals surface area (Å²) in [6, 6.07) is 0.264. The zero-order valence-electron chi connectivity index (χ0n) is 8.69. The van der Waals surface area contributed by atoms with Gasteiger partial charge in [0.05, 0.1) is 0 Å². The first-order valence-electron chi connectivity index (χ1n) is 5.36. The normalized spacial score (nSPS) is 20.1. The smallest absolute Gasteiger partial charge is 0.138 e. The Balaban J connectivity index is 1.93. The Hall–Kier alpha value is -0.900. The molecule has 0 spiro atoms. The summed E-state index contributed by atoms with van der Waals surface area (Å²) in [5.74, 6) is 1.70. The number of rotatable bonds is 3. The minimum absolute atomic E-state index is 0.264. The van der Waals surface area contributed by atoms with Gasteiger partial charge in [-0.1, -0.05) is 12.8 Å². The van der Waals surface area contributed by atoms with Crippen molar-refractivity contribution in [2.24, 2.45) is 18.7 Å². The largest absolute Gasteiger partial charge is 0.327 e. The number of aromatic nitrogens is 3. The summed E-state index contributed by atoms with van der Waals surface area (Å²) in [5.41, 5.74) is 6.16. The van der Waals surface area contributed by atoms with E-state index in [1.807, 2.05) is 11.7 Å². The zero-order valence-corrected chi connectivity index (χ0v) is 8.69. The summed E-state index contributed by atoms with van der Waals surface area (Å²) >= 11 is 0. The molecule has 0 amide bonds. The fourth-order valence-corrected chi connectivity index (χ4v) is 2.27. The van der Waals surface area contributed by atoms with Crippen molar-refractivity contribution in [2.75, 3.05) is 0 Å². The van der Waals surface area contributed by atoms with Crippen molar-refractivity contribution >= 4 is 0 Å². The van der Waals surface area contributed by atoms with Crippen LogP contribution in [0.3, 0.4) is 0 Å². The van der Waals surface area contributed by atoms with E-state index in [0.29, 0.717) is 5.92 Å². The quantitative estimate of drug-likeness (QED) is 0.777. The van der Waals surface area contributed by atoms with Crippen LogP contribution in [0.1, 0.15) is 31.5 Å². The van der Waals surface area contributed by atoms with Crippen LogP contribution in [0.2, 0.25) is 0 Å². The molecule has 4 nitrogen and oxygen atoms in total. The highest BCUT2D eigenvalue weighted by atomic mass is 15.3. The highest BCUT2D eigenvalue weighted by molar-refractivity contribution is 4.91. The molecule has 0 aromatic carbocycles. The molecule has 1 fully saturated rings. The van der Waals surface area contributed by atoms with Gasteiger partial charge in [0.2, 0.25) is 0 Å². The van der Waals surface area contributed by atoms with E-state index in [0.717, 1.165) is 12.2 Å². The van der Waals surface area contributed by atoms with Gasteiger partial charge in [0, 0.05) is 19.5 Å². The SMILES string of the molecule is Cn1ncnc1CC(N)C1CCCC1. The molecular formula is C10H18N4. The number of hydrogen-bond donors (Lipinski definition) is 1. The Morgan fingerprint density at radius 3 is 2.86 bits per heavy atom. The van der Waals surface area contributed by atoms with Gasteiger partial charge in [-0.15, -0.1) is 0 Å². The van der Waals surface area contributed by atoms with Gasteiger partial charge in [0.15, 0.2) is 0 Å². The molecule has 0 radical (unpaired) electrons. The predicted molar refractivity (Wildman–Crippen MR) is 54.6 cm³/mol. The van der Waals surface area contributed by atoms with E-state index >= 15 is 0 Å². The predicted octanol–water partition coefficient (Wildman–Crippen LogP) is 0.875. The third-order valence-electron chi connectivity index (χ3n) is 3.23. The molecule has 0 saturated heterocycles. The summed E-state index contributed by atoms with van der Waals surface area (Å²) in [4.78, 5) is 4.20. The molecular weight excluding hydrogens is 176 g/mol. The highest BCUT2D eigenvalue weighted by Crippen LogP contribution is 2.27. The van der Waals surface area contributed by atoms with Crippen molar-refractivity contribution in [2.45, 2.75) is 38.1 Å². The molecule has 2 rings (SSSR count). The van der Waals surface area contributed by atoms with Crippen LogP contribution in [0.5, 0.6) is 0 Å². The lowest BCUT2D eigenvalue weighted by molar-refractivity contribution is 0.418. The van der Waals surface area contributed by atoms with Gasteiger partial charge < -0.3 is 5.73 Å². The fourth-order valence-electron chi connectivity index (χ4n) is 2.27. The minimum atomic E-state index is 0.264. The Morgan fingerprint density at radius 2 is 2.29 bits per heavy atom. The second-order valence-corrected chi connectivity index (χ2v) is 4.21. The molecule has 14 heavy (non-hydrogen) atoms. The van der Waals surface area contributed by atoms with Crippen LogP contribution in [0.25, 0.3) is 0 Å². The molecule has 78 valence electrons. The van der Waals surface area contributed by atoms with E-state index in [1.165, 1.54) is 25.7 Å². The third kappa shape index (κ3) is 1.95. The summed E-state index contributed by atoms with van der Waals surface area (Å²) in [6.07, 6.45) is 7.73. The van der Waals surface area contributed by atoms with Gasteiger partial charge in [-0.25, -0.2) is 4.98 Å². The summed E-state index contributed by atoms with van der Waals surface area (Å²) in [7, 11) is 1.92. The van der Waals surface area contributed by atoms with Gasteiger partial charge in [0.1, 0.15) is 12.2 Å². The van der Waals surface area contributed by atoms with Gasteiger partial charge in [0.25, 0.3) is 0 Å². The summed E-state index contributed by atoms with van der Waals surface area (Å²) in [6.45, 7) is 0. The third-order valence-corrected chi connectivity index (χ3v) is 3.23. The van der Waals surface area contributed by atoms with Crippen LogP contribution in [0.4, 0.5) is 0 Å². The van der Waals surface area contributed by atoms with Crippen LogP contribution in [0.15, 0.2) is 6.33 Å². The minimum Gasteiger partial charge on any atom is -0.327 e. The average Bonchev–Trinajstić information content (AvgIpc) is 2.77. The lowest BCUT2D eigenvalue weighted by Crippen LogP contribution is -2.31. The van der Waals surface area contributed by atoms with Crippen LogP contribution in [0, 0.1) is 5.92 Å². The van der Waals surface area contributed by atoms with E-state index in [2.05, 4.69) is 10.1 Å². The van der Waals surface area contributed by atoms with Gasteiger partial charge in [-0.2, -0.15) is 5.10 Å². The Bertz CT molecular complexity index is 288. The maximum absolute atomic E-state index is 6.16. The number of aryl methyl sites for hydroxylation is 1. The Morgan fingerprint density at radius 1 is 1.57 bits per heavy atom. The van der Waals surface area contributed by atoms with Crippen molar-refractivity contribution < 1.29 is 0 Å². The van der Waals surface area contributed by atoms with Gasteiger partial charge in [-0.3, -0.25) is 4.68 Å². The van der Waals surface area contributed by atoms with Crippen molar-refractivity contribution in [3.8, 4) is 0 Å². The first kappa shape index (κ1) is 9.65. The van der Waals surface area contributed by atoms with Crippen molar-refractivity contribution in [1.82, 2.24) is 14.8 Å². The second kappa shape index (κ2) is 4.09. The first-order chi connectivity index (χ1) is 6.77. The molecule has 1 heterocycles. The Labute approximate surface area is 84.5 Å². The van der Waals surface area contributed by atoms with Gasteiger partial charge >= 0.3 is 0 Å². The molecule has 1 aliphatic carbocycles. The standard InChI is InChI=1S/C10H18N4/c1-14-10(12-7-13-14)6-9(11)8-4-2-3-5-8/h7-9H,2-6,11H2,1H3. The van der Waals surface area contributed by atoms with E-state index < -0.39 is 0 Å². The van der Waals surface area contributed by atoms with Crippen LogP contribution < -0.4 is 5.73 Å². The lowest BCUT2D eigenvalue weighted by atomic mass is 9.96. The molecule has 0 bridgehead atoms. The fraction of sp³-hybridized carbons (Fsp3) is 0.800. The second-order valence-electron chi connectivity index (χ2n) is 4.21. The molecule has 0 aliphatic heterocycles. The van der Waals surface area contributed by atoms with E-state index in [-0.39, 0.29) is 6.04 Å². The first-order valence-corrected chi connectivity index (χ1v) is 5.36. The lowest BCUT2D eigenvalue weighted by Gasteiger charge is -2.17. The van der Waals surface area contributed by atoms with Crippen LogP contribution in [-0.4, -0.2) is 20.8 Å². The van der Waals surface area contributed by atoms with Gasteiger partial charge in [-0.05, 0) is 18.8 Å². The van der Waals surface area contributed by atoms with Crippen molar-refractivity contribution in [1.29, 1.82) is 0 Å². The topological polar surface area (TPSA) is 56.7 Å². The Kier molecular flexibility index (Phi) is 2.82. The number of hydrogen-bond acceptors (Lipinski definition) is 3. The molecule has 1 aromatic heterocycles. The van der Waals surface area contributed by atoms with E-state index in [9.17, 15) is 0 Å². The molecule has 1 unspecified atom stereocenters. The monoisotopic (exact) mass is 194 g/mol. The van der Waals surface area contributed by atoms with Crippen LogP contribution in [-0.2, 0) is 13.5 Å². The molecule has 2 N–H and O–H groups in total. The maximum atomic E-state index is 6.16. The molecule has 1 saturated carbocycles. The number of nitrogens with zero attached hydrogens (tertiary/aromatic N) is 3. The number of nitrogens with two attached hydrogens (primary N) is 1. The highest BCUT2D eigenvalue weighted by Gasteiger charge is 2.23. The molecule has 1 aromatic rings. The maximum Gasteiger partial charge on any atom is 0.138 e. The van der Waals surface area contributed by atoms with Crippen LogP contribution >= 0.6 is 0 Å². The summed E-state index contributed by atoms with van der Waals surface area (Å²) < 4.78 is 1.81.